The summed E-state index contributed by atoms with van der Waals surface area (Å²) >= 11 is 7.61. The quantitative estimate of drug-likeness (QED) is 0.862. The molecule has 104 valence electrons. The van der Waals surface area contributed by atoms with E-state index < -0.39 is 0 Å². The number of hydrogen-bond acceptors (Lipinski definition) is 2. The van der Waals surface area contributed by atoms with Gasteiger partial charge in [-0.05, 0) is 24.6 Å². The summed E-state index contributed by atoms with van der Waals surface area (Å²) in [6.45, 7) is 2.10. The summed E-state index contributed by atoms with van der Waals surface area (Å²) < 4.78 is 0. The number of halogens is 1. The highest BCUT2D eigenvalue weighted by molar-refractivity contribution is 8.00. The molecular weight excluding hydrogens is 290 g/mol. The van der Waals surface area contributed by atoms with E-state index in [4.69, 9.17) is 11.6 Å². The fraction of sp³-hybridized carbons (Fsp3) is 0.188. The molecule has 2 aromatic carbocycles. The first-order valence-corrected chi connectivity index (χ1v) is 7.80. The van der Waals surface area contributed by atoms with E-state index in [1.54, 1.807) is 23.9 Å². The molecule has 20 heavy (non-hydrogen) atoms. The lowest BCUT2D eigenvalue weighted by Gasteiger charge is -2.12. The SMILES string of the molecule is C[C@H](SCC(=O)Nc1ccccc1Cl)c1ccccc1. The van der Waals surface area contributed by atoms with Crippen LogP contribution in [0.1, 0.15) is 17.7 Å². The van der Waals surface area contributed by atoms with Crippen molar-refractivity contribution >= 4 is 35.0 Å². The lowest BCUT2D eigenvalue weighted by atomic mass is 10.2. The van der Waals surface area contributed by atoms with Gasteiger partial charge in [0.25, 0.3) is 0 Å². The van der Waals surface area contributed by atoms with Crippen molar-refractivity contribution in [3.63, 3.8) is 0 Å². The third-order valence-corrected chi connectivity index (χ3v) is 4.41. The van der Waals surface area contributed by atoms with Crippen LogP contribution in [-0.4, -0.2) is 11.7 Å². The standard InChI is InChI=1S/C16H16ClNOS/c1-12(13-7-3-2-4-8-13)20-11-16(19)18-15-10-6-5-9-14(15)17/h2-10,12H,11H2,1H3,(H,18,19)/t12-/m0/s1. The van der Waals surface area contributed by atoms with Crippen LogP contribution in [0.25, 0.3) is 0 Å². The van der Waals surface area contributed by atoms with Crippen molar-refractivity contribution in [2.75, 3.05) is 11.1 Å². The van der Waals surface area contributed by atoms with Crippen molar-refractivity contribution < 1.29 is 4.79 Å². The Labute approximate surface area is 128 Å². The number of anilines is 1. The zero-order chi connectivity index (χ0) is 14.4. The normalized spacial score (nSPS) is 11.9. The maximum Gasteiger partial charge on any atom is 0.234 e. The van der Waals surface area contributed by atoms with Crippen LogP contribution < -0.4 is 5.32 Å². The van der Waals surface area contributed by atoms with Gasteiger partial charge >= 0.3 is 0 Å². The second kappa shape index (κ2) is 7.36. The van der Waals surface area contributed by atoms with Crippen LogP contribution in [0.3, 0.4) is 0 Å². The van der Waals surface area contributed by atoms with E-state index in [-0.39, 0.29) is 11.2 Å². The van der Waals surface area contributed by atoms with Crippen molar-refractivity contribution in [3.8, 4) is 0 Å². The fourth-order valence-electron chi connectivity index (χ4n) is 1.77. The van der Waals surface area contributed by atoms with E-state index in [9.17, 15) is 4.79 Å². The molecule has 2 aromatic rings. The minimum absolute atomic E-state index is 0.0362. The van der Waals surface area contributed by atoms with E-state index >= 15 is 0 Å². The van der Waals surface area contributed by atoms with Gasteiger partial charge < -0.3 is 5.32 Å². The number of carbonyl (C=O) groups is 1. The lowest BCUT2D eigenvalue weighted by molar-refractivity contribution is -0.113. The van der Waals surface area contributed by atoms with Crippen LogP contribution in [0, 0.1) is 0 Å². The number of amides is 1. The maximum atomic E-state index is 11.9. The first-order valence-electron chi connectivity index (χ1n) is 6.38. The molecule has 0 aliphatic heterocycles. The smallest absolute Gasteiger partial charge is 0.234 e. The van der Waals surface area contributed by atoms with Gasteiger partial charge in [0.1, 0.15) is 0 Å². The zero-order valence-corrected chi connectivity index (χ0v) is 12.7. The van der Waals surface area contributed by atoms with Crippen molar-refractivity contribution in [2.24, 2.45) is 0 Å². The molecule has 0 fully saturated rings. The molecule has 1 N–H and O–H groups in total. The van der Waals surface area contributed by atoms with Crippen LogP contribution in [0.15, 0.2) is 54.6 Å². The molecule has 0 unspecified atom stereocenters. The Balaban J connectivity index is 1.85. The summed E-state index contributed by atoms with van der Waals surface area (Å²) in [7, 11) is 0. The largest absolute Gasteiger partial charge is 0.324 e. The topological polar surface area (TPSA) is 29.1 Å². The second-order valence-electron chi connectivity index (χ2n) is 4.39. The summed E-state index contributed by atoms with van der Waals surface area (Å²) in [4.78, 5) is 11.9. The Morgan fingerprint density at radius 2 is 1.80 bits per heavy atom. The van der Waals surface area contributed by atoms with Gasteiger partial charge in [-0.2, -0.15) is 0 Å². The van der Waals surface area contributed by atoms with Gasteiger partial charge in [-0.15, -0.1) is 11.8 Å². The minimum Gasteiger partial charge on any atom is -0.324 e. The van der Waals surface area contributed by atoms with Crippen LogP contribution in [0.5, 0.6) is 0 Å². The number of para-hydroxylation sites is 1. The Bertz CT molecular complexity index is 574. The molecule has 0 saturated carbocycles. The molecule has 2 rings (SSSR count). The Morgan fingerprint density at radius 3 is 2.50 bits per heavy atom. The third-order valence-electron chi connectivity index (χ3n) is 2.88. The molecule has 0 saturated heterocycles. The number of rotatable bonds is 5. The van der Waals surface area contributed by atoms with E-state index in [0.29, 0.717) is 16.5 Å². The van der Waals surface area contributed by atoms with Gasteiger partial charge in [0.2, 0.25) is 5.91 Å². The first-order chi connectivity index (χ1) is 9.66. The zero-order valence-electron chi connectivity index (χ0n) is 11.2. The van der Waals surface area contributed by atoms with Crippen LogP contribution in [0.2, 0.25) is 5.02 Å². The predicted octanol–water partition coefficient (Wildman–Crippen LogP) is 4.77. The van der Waals surface area contributed by atoms with Crippen molar-refractivity contribution in [2.45, 2.75) is 12.2 Å². The van der Waals surface area contributed by atoms with Gasteiger partial charge in [-0.25, -0.2) is 0 Å². The highest BCUT2D eigenvalue weighted by atomic mass is 35.5. The molecule has 4 heteroatoms. The Hall–Kier alpha value is -1.45. The van der Waals surface area contributed by atoms with Crippen molar-refractivity contribution in [1.82, 2.24) is 0 Å². The summed E-state index contributed by atoms with van der Waals surface area (Å²) in [5.41, 5.74) is 1.88. The molecular formula is C16H16ClNOS. The molecule has 0 bridgehead atoms. The summed E-state index contributed by atoms with van der Waals surface area (Å²) in [6.07, 6.45) is 0. The first kappa shape index (κ1) is 14.9. The molecule has 0 aliphatic carbocycles. The average Bonchev–Trinajstić information content (AvgIpc) is 2.48. The third kappa shape index (κ3) is 4.29. The molecule has 0 heterocycles. The van der Waals surface area contributed by atoms with E-state index in [1.807, 2.05) is 30.3 Å². The van der Waals surface area contributed by atoms with Crippen LogP contribution >= 0.6 is 23.4 Å². The van der Waals surface area contributed by atoms with Crippen LogP contribution in [-0.2, 0) is 4.79 Å². The molecule has 2 nitrogen and oxygen atoms in total. The van der Waals surface area contributed by atoms with Crippen molar-refractivity contribution in [3.05, 3.63) is 65.2 Å². The number of carbonyl (C=O) groups excluding carboxylic acids is 1. The fourth-order valence-corrected chi connectivity index (χ4v) is 2.78. The second-order valence-corrected chi connectivity index (χ2v) is 6.13. The Kier molecular flexibility index (Phi) is 5.50. The highest BCUT2D eigenvalue weighted by Crippen LogP contribution is 2.28. The van der Waals surface area contributed by atoms with Gasteiger partial charge in [0.05, 0.1) is 16.5 Å². The molecule has 0 aliphatic rings. The molecule has 1 atom stereocenters. The Morgan fingerprint density at radius 1 is 1.15 bits per heavy atom. The molecule has 0 aromatic heterocycles. The van der Waals surface area contributed by atoms with Gasteiger partial charge in [0, 0.05) is 5.25 Å². The van der Waals surface area contributed by atoms with Crippen molar-refractivity contribution in [1.29, 1.82) is 0 Å². The number of thioether (sulfide) groups is 1. The lowest BCUT2D eigenvalue weighted by Crippen LogP contribution is -2.14. The predicted molar refractivity (Wildman–Crippen MR) is 87.4 cm³/mol. The maximum absolute atomic E-state index is 11.9. The molecule has 0 radical (unpaired) electrons. The van der Waals surface area contributed by atoms with Gasteiger partial charge in [-0.1, -0.05) is 54.1 Å². The minimum atomic E-state index is -0.0362. The van der Waals surface area contributed by atoms with Gasteiger partial charge in [-0.3, -0.25) is 4.79 Å². The highest BCUT2D eigenvalue weighted by Gasteiger charge is 2.10. The van der Waals surface area contributed by atoms with E-state index in [0.717, 1.165) is 0 Å². The van der Waals surface area contributed by atoms with E-state index in [2.05, 4.69) is 24.4 Å². The number of hydrogen-bond donors (Lipinski definition) is 1. The summed E-state index contributed by atoms with van der Waals surface area (Å²) in [5.74, 6) is 0.368. The average molecular weight is 306 g/mol. The summed E-state index contributed by atoms with van der Waals surface area (Å²) in [6, 6.07) is 17.4. The number of benzene rings is 2. The van der Waals surface area contributed by atoms with Gasteiger partial charge in [0.15, 0.2) is 0 Å². The van der Waals surface area contributed by atoms with Crippen LogP contribution in [0.4, 0.5) is 5.69 Å². The molecule has 1 amide bonds. The number of nitrogens with one attached hydrogen (secondary N) is 1. The summed E-state index contributed by atoms with van der Waals surface area (Å²) in [5, 5.41) is 3.67. The van der Waals surface area contributed by atoms with E-state index in [1.165, 1.54) is 5.56 Å². The molecule has 0 spiro atoms. The monoisotopic (exact) mass is 305 g/mol.